The van der Waals surface area contributed by atoms with Gasteiger partial charge in [-0.1, -0.05) is 42.9 Å². The van der Waals surface area contributed by atoms with Crippen molar-refractivity contribution in [2.75, 3.05) is 6.54 Å². The highest BCUT2D eigenvalue weighted by atomic mass is 35.5. The Bertz CT molecular complexity index is 344. The van der Waals surface area contributed by atoms with Gasteiger partial charge in [0.05, 0.1) is 6.54 Å². The molecule has 0 unspecified atom stereocenters. The predicted octanol–water partition coefficient (Wildman–Crippen LogP) is 2.99. The van der Waals surface area contributed by atoms with Crippen molar-refractivity contribution in [2.45, 2.75) is 31.7 Å². The van der Waals surface area contributed by atoms with Crippen molar-refractivity contribution in [1.82, 2.24) is 5.32 Å². The number of hydrogen-bond acceptors (Lipinski definition) is 1. The summed E-state index contributed by atoms with van der Waals surface area (Å²) in [5.41, 5.74) is 1.10. The molecule has 1 aliphatic carbocycles. The Hall–Kier alpha value is -0.970. The molecule has 1 nitrogen and oxygen atoms in total. The standard InChI is InChI=1S/C14H17N.ClH/c1-2-7-13(8-3-1)9-6-12-15-14-10-4-5-11-14;/h1-3,7-8,14-15H,4-5,10-12H2;1H. The van der Waals surface area contributed by atoms with Crippen molar-refractivity contribution in [3.05, 3.63) is 35.9 Å². The van der Waals surface area contributed by atoms with Crippen LogP contribution in [0.1, 0.15) is 31.2 Å². The van der Waals surface area contributed by atoms with Crippen LogP contribution in [0.4, 0.5) is 0 Å². The summed E-state index contributed by atoms with van der Waals surface area (Å²) in [6, 6.07) is 10.9. The molecule has 1 aliphatic rings. The second kappa shape index (κ2) is 7.33. The Morgan fingerprint density at radius 2 is 1.81 bits per heavy atom. The predicted molar refractivity (Wildman–Crippen MR) is 70.8 cm³/mol. The molecular weight excluding hydrogens is 218 g/mol. The first kappa shape index (κ1) is 13.1. The monoisotopic (exact) mass is 235 g/mol. The van der Waals surface area contributed by atoms with Gasteiger partial charge in [0.2, 0.25) is 0 Å². The van der Waals surface area contributed by atoms with Crippen LogP contribution >= 0.6 is 12.4 Å². The molecule has 1 N–H and O–H groups in total. The highest BCUT2D eigenvalue weighted by Crippen LogP contribution is 2.16. The average molecular weight is 236 g/mol. The summed E-state index contributed by atoms with van der Waals surface area (Å²) < 4.78 is 0. The second-order valence-electron chi connectivity index (χ2n) is 4.03. The van der Waals surface area contributed by atoms with E-state index in [0.717, 1.165) is 18.2 Å². The van der Waals surface area contributed by atoms with Gasteiger partial charge in [-0.05, 0) is 25.0 Å². The van der Waals surface area contributed by atoms with E-state index in [1.54, 1.807) is 0 Å². The van der Waals surface area contributed by atoms with Gasteiger partial charge in [-0.3, -0.25) is 0 Å². The first-order valence-electron chi connectivity index (χ1n) is 5.72. The van der Waals surface area contributed by atoms with Crippen molar-refractivity contribution in [3.8, 4) is 11.8 Å². The molecule has 0 saturated heterocycles. The smallest absolute Gasteiger partial charge is 0.0582 e. The first-order valence-corrected chi connectivity index (χ1v) is 5.72. The van der Waals surface area contributed by atoms with Gasteiger partial charge in [0.15, 0.2) is 0 Å². The summed E-state index contributed by atoms with van der Waals surface area (Å²) in [4.78, 5) is 0. The van der Waals surface area contributed by atoms with Crippen molar-refractivity contribution in [1.29, 1.82) is 0 Å². The van der Waals surface area contributed by atoms with Crippen molar-refractivity contribution in [3.63, 3.8) is 0 Å². The van der Waals surface area contributed by atoms with Gasteiger partial charge < -0.3 is 5.32 Å². The lowest BCUT2D eigenvalue weighted by Crippen LogP contribution is -2.25. The molecule has 16 heavy (non-hydrogen) atoms. The molecule has 0 radical (unpaired) electrons. The van der Waals surface area contributed by atoms with Crippen LogP contribution in [0.25, 0.3) is 0 Å². The number of halogens is 1. The fourth-order valence-corrected chi connectivity index (χ4v) is 1.99. The third-order valence-corrected chi connectivity index (χ3v) is 2.84. The molecule has 1 saturated carbocycles. The summed E-state index contributed by atoms with van der Waals surface area (Å²) in [6.07, 6.45) is 5.41. The molecule has 0 bridgehead atoms. The molecular formula is C14H18ClN. The third-order valence-electron chi connectivity index (χ3n) is 2.84. The van der Waals surface area contributed by atoms with E-state index in [0.29, 0.717) is 0 Å². The second-order valence-corrected chi connectivity index (χ2v) is 4.03. The summed E-state index contributed by atoms with van der Waals surface area (Å²) in [7, 11) is 0. The van der Waals surface area contributed by atoms with Gasteiger partial charge in [-0.25, -0.2) is 0 Å². The molecule has 0 spiro atoms. The molecule has 0 heterocycles. The molecule has 0 aromatic heterocycles. The van der Waals surface area contributed by atoms with E-state index >= 15 is 0 Å². The lowest BCUT2D eigenvalue weighted by molar-refractivity contribution is 0.561. The molecule has 0 atom stereocenters. The highest BCUT2D eigenvalue weighted by molar-refractivity contribution is 5.85. The summed E-state index contributed by atoms with van der Waals surface area (Å²) in [5, 5.41) is 3.48. The minimum Gasteiger partial charge on any atom is -0.303 e. The van der Waals surface area contributed by atoms with Crippen LogP contribution in [0.3, 0.4) is 0 Å². The molecule has 1 aromatic rings. The quantitative estimate of drug-likeness (QED) is 0.778. The highest BCUT2D eigenvalue weighted by Gasteiger charge is 2.12. The lowest BCUT2D eigenvalue weighted by Gasteiger charge is -2.07. The van der Waals surface area contributed by atoms with Crippen LogP contribution in [0.2, 0.25) is 0 Å². The Morgan fingerprint density at radius 3 is 2.50 bits per heavy atom. The molecule has 2 rings (SSSR count). The van der Waals surface area contributed by atoms with Gasteiger partial charge >= 0.3 is 0 Å². The number of benzene rings is 1. The van der Waals surface area contributed by atoms with Crippen LogP contribution in [-0.4, -0.2) is 12.6 Å². The minimum absolute atomic E-state index is 0. The maximum absolute atomic E-state index is 3.48. The Morgan fingerprint density at radius 1 is 1.12 bits per heavy atom. The van der Waals surface area contributed by atoms with Crippen LogP contribution in [0.15, 0.2) is 30.3 Å². The van der Waals surface area contributed by atoms with Gasteiger partial charge in [0.1, 0.15) is 0 Å². The minimum atomic E-state index is 0. The van der Waals surface area contributed by atoms with E-state index in [1.807, 2.05) is 30.3 Å². The summed E-state index contributed by atoms with van der Waals surface area (Å²) in [6.45, 7) is 0.819. The van der Waals surface area contributed by atoms with Crippen LogP contribution in [-0.2, 0) is 0 Å². The van der Waals surface area contributed by atoms with Crippen molar-refractivity contribution in [2.24, 2.45) is 0 Å². The average Bonchev–Trinajstić information content (AvgIpc) is 2.79. The molecule has 1 fully saturated rings. The van der Waals surface area contributed by atoms with Crippen molar-refractivity contribution < 1.29 is 0 Å². The Labute approximate surface area is 104 Å². The largest absolute Gasteiger partial charge is 0.303 e. The number of hydrogen-bond donors (Lipinski definition) is 1. The van der Waals surface area contributed by atoms with Gasteiger partial charge in [-0.2, -0.15) is 0 Å². The summed E-state index contributed by atoms with van der Waals surface area (Å²) >= 11 is 0. The first-order chi connectivity index (χ1) is 7.45. The molecule has 0 aliphatic heterocycles. The summed E-state index contributed by atoms with van der Waals surface area (Å²) in [5.74, 6) is 6.32. The maximum atomic E-state index is 3.48. The fraction of sp³-hybridized carbons (Fsp3) is 0.429. The number of rotatable bonds is 2. The molecule has 1 aromatic carbocycles. The SMILES string of the molecule is C(#Cc1ccccc1)CNC1CCCC1.Cl. The Balaban J connectivity index is 0.00000128. The fourth-order valence-electron chi connectivity index (χ4n) is 1.99. The third kappa shape index (κ3) is 4.26. The van der Waals surface area contributed by atoms with Crippen molar-refractivity contribution >= 4 is 12.4 Å². The van der Waals surface area contributed by atoms with E-state index < -0.39 is 0 Å². The molecule has 86 valence electrons. The van der Waals surface area contributed by atoms with E-state index in [4.69, 9.17) is 0 Å². The van der Waals surface area contributed by atoms with E-state index in [1.165, 1.54) is 25.7 Å². The van der Waals surface area contributed by atoms with Gasteiger partial charge in [0, 0.05) is 11.6 Å². The zero-order valence-electron chi connectivity index (χ0n) is 9.41. The van der Waals surface area contributed by atoms with E-state index in [2.05, 4.69) is 17.2 Å². The van der Waals surface area contributed by atoms with Gasteiger partial charge in [-0.15, -0.1) is 12.4 Å². The maximum Gasteiger partial charge on any atom is 0.0582 e. The lowest BCUT2D eigenvalue weighted by atomic mass is 10.2. The van der Waals surface area contributed by atoms with Crippen LogP contribution in [0.5, 0.6) is 0 Å². The van der Waals surface area contributed by atoms with Crippen LogP contribution < -0.4 is 5.32 Å². The van der Waals surface area contributed by atoms with Crippen LogP contribution in [0, 0.1) is 11.8 Å². The zero-order valence-corrected chi connectivity index (χ0v) is 10.2. The topological polar surface area (TPSA) is 12.0 Å². The zero-order chi connectivity index (χ0) is 10.3. The molecule has 0 amide bonds. The molecule has 2 heteroatoms. The van der Waals surface area contributed by atoms with E-state index in [9.17, 15) is 0 Å². The Kier molecular flexibility index (Phi) is 6.00. The van der Waals surface area contributed by atoms with E-state index in [-0.39, 0.29) is 12.4 Å². The van der Waals surface area contributed by atoms with Gasteiger partial charge in [0.25, 0.3) is 0 Å². The number of nitrogens with one attached hydrogen (secondary N) is 1. The normalized spacial score (nSPS) is 15.0.